The lowest BCUT2D eigenvalue weighted by Crippen LogP contribution is -2.58. The third kappa shape index (κ3) is 4.02. The van der Waals surface area contributed by atoms with Crippen LogP contribution in [0.5, 0.6) is 5.75 Å². The van der Waals surface area contributed by atoms with E-state index in [4.69, 9.17) is 4.74 Å². The molecule has 4 rings (SSSR count). The molecule has 2 saturated heterocycles. The molecule has 0 radical (unpaired) electrons. The van der Waals surface area contributed by atoms with Crippen LogP contribution in [0.4, 0.5) is 0 Å². The fourth-order valence-corrected chi connectivity index (χ4v) is 6.82. The largest absolute Gasteiger partial charge is 0.496 e. The summed E-state index contributed by atoms with van der Waals surface area (Å²) >= 11 is 0. The van der Waals surface area contributed by atoms with Crippen LogP contribution in [0.25, 0.3) is 0 Å². The molecule has 0 aliphatic carbocycles. The number of aryl methyl sites for hydroxylation is 1. The number of carbonyl (C=O) groups excluding carboxylic acids is 1. The first-order valence-corrected chi connectivity index (χ1v) is 12.4. The van der Waals surface area contributed by atoms with Crippen LogP contribution < -0.4 is 15.4 Å². The summed E-state index contributed by atoms with van der Waals surface area (Å²) < 4.78 is 34.0. The Bertz CT molecular complexity index is 1120. The molecule has 1 amide bonds. The van der Waals surface area contributed by atoms with E-state index in [0.29, 0.717) is 48.6 Å². The van der Waals surface area contributed by atoms with Gasteiger partial charge in [0.15, 0.2) is 0 Å². The fraction of sp³-hybridized carbons (Fsp3) is 0.458. The smallest absolute Gasteiger partial charge is 0.243 e. The van der Waals surface area contributed by atoms with E-state index >= 15 is 0 Å². The lowest BCUT2D eigenvalue weighted by Gasteiger charge is -2.39. The van der Waals surface area contributed by atoms with Crippen LogP contribution in [-0.2, 0) is 21.2 Å². The van der Waals surface area contributed by atoms with Crippen LogP contribution >= 0.6 is 0 Å². The van der Waals surface area contributed by atoms with Crippen LogP contribution in [0.1, 0.15) is 35.1 Å². The van der Waals surface area contributed by atoms with Gasteiger partial charge in [-0.2, -0.15) is 4.31 Å². The Morgan fingerprint density at radius 3 is 2.38 bits per heavy atom. The van der Waals surface area contributed by atoms with Crippen molar-refractivity contribution in [1.29, 1.82) is 0 Å². The lowest BCUT2D eigenvalue weighted by molar-refractivity contribution is -0.121. The predicted octanol–water partition coefficient (Wildman–Crippen LogP) is 2.43. The summed E-state index contributed by atoms with van der Waals surface area (Å²) in [4.78, 5) is 13.0. The van der Waals surface area contributed by atoms with Crippen molar-refractivity contribution in [3.8, 4) is 5.75 Å². The average Bonchev–Trinajstić information content (AvgIpc) is 3.05. The molecule has 1 atom stereocenters. The molecule has 2 aromatic carbocycles. The third-order valence-electron chi connectivity index (χ3n) is 6.78. The molecule has 32 heavy (non-hydrogen) atoms. The van der Waals surface area contributed by atoms with Crippen LogP contribution in [-0.4, -0.2) is 50.5 Å². The molecule has 2 heterocycles. The highest BCUT2D eigenvalue weighted by Crippen LogP contribution is 2.34. The second-order valence-electron chi connectivity index (χ2n) is 8.84. The topological polar surface area (TPSA) is 87.7 Å². The van der Waals surface area contributed by atoms with Crippen molar-refractivity contribution in [3.05, 3.63) is 58.7 Å². The first-order chi connectivity index (χ1) is 15.2. The van der Waals surface area contributed by atoms with Crippen molar-refractivity contribution in [1.82, 2.24) is 14.9 Å². The molecule has 7 nitrogen and oxygen atoms in total. The number of amides is 1. The molecule has 2 aromatic rings. The Balaban J connectivity index is 1.49. The maximum absolute atomic E-state index is 13.5. The Hall–Kier alpha value is -2.42. The number of piperidine rings is 1. The zero-order valence-electron chi connectivity index (χ0n) is 19.1. The molecular weight excluding hydrogens is 426 g/mol. The summed E-state index contributed by atoms with van der Waals surface area (Å²) in [6, 6.07) is 11.4. The summed E-state index contributed by atoms with van der Waals surface area (Å²) in [6.45, 7) is 6.20. The SMILES string of the molecule is COc1cc(C)c(S(=O)(=O)N2CCC3(CC2)NC(=O)C(Cc2ccccc2)N3)c(C)c1C. The highest BCUT2D eigenvalue weighted by Gasteiger charge is 2.47. The first kappa shape index (κ1) is 22.8. The normalized spacial score (nSPS) is 21.0. The van der Waals surface area contributed by atoms with Gasteiger partial charge < -0.3 is 10.1 Å². The van der Waals surface area contributed by atoms with Crippen molar-refractivity contribution >= 4 is 15.9 Å². The minimum atomic E-state index is -3.66. The maximum atomic E-state index is 13.5. The number of ether oxygens (including phenoxy) is 1. The molecule has 0 aromatic heterocycles. The molecule has 0 saturated carbocycles. The average molecular weight is 458 g/mol. The highest BCUT2D eigenvalue weighted by molar-refractivity contribution is 7.89. The van der Waals surface area contributed by atoms with E-state index in [2.05, 4.69) is 10.6 Å². The van der Waals surface area contributed by atoms with Gasteiger partial charge in [0.25, 0.3) is 0 Å². The molecule has 2 aliphatic heterocycles. The van der Waals surface area contributed by atoms with Gasteiger partial charge in [-0.3, -0.25) is 10.1 Å². The van der Waals surface area contributed by atoms with E-state index in [1.165, 1.54) is 4.31 Å². The van der Waals surface area contributed by atoms with Crippen molar-refractivity contribution in [3.63, 3.8) is 0 Å². The Morgan fingerprint density at radius 2 is 1.75 bits per heavy atom. The fourth-order valence-electron chi connectivity index (χ4n) is 4.89. The highest BCUT2D eigenvalue weighted by atomic mass is 32.2. The number of hydrogen-bond acceptors (Lipinski definition) is 5. The molecule has 1 spiro atoms. The number of rotatable bonds is 5. The number of carbonyl (C=O) groups is 1. The molecule has 2 fully saturated rings. The first-order valence-electron chi connectivity index (χ1n) is 11.0. The minimum absolute atomic E-state index is 0.0253. The molecule has 0 bridgehead atoms. The summed E-state index contributed by atoms with van der Waals surface area (Å²) in [6.07, 6.45) is 1.66. The van der Waals surface area contributed by atoms with E-state index < -0.39 is 15.7 Å². The molecule has 2 aliphatic rings. The number of benzene rings is 2. The summed E-state index contributed by atoms with van der Waals surface area (Å²) in [5.41, 5.74) is 2.78. The van der Waals surface area contributed by atoms with E-state index in [0.717, 1.165) is 16.7 Å². The van der Waals surface area contributed by atoms with Gasteiger partial charge in [0.05, 0.1) is 23.7 Å². The van der Waals surface area contributed by atoms with Gasteiger partial charge in [-0.15, -0.1) is 0 Å². The van der Waals surface area contributed by atoms with Crippen LogP contribution in [0.15, 0.2) is 41.3 Å². The number of nitrogens with one attached hydrogen (secondary N) is 2. The van der Waals surface area contributed by atoms with Gasteiger partial charge >= 0.3 is 0 Å². The lowest BCUT2D eigenvalue weighted by atomic mass is 9.99. The quantitative estimate of drug-likeness (QED) is 0.720. The number of hydrogen-bond donors (Lipinski definition) is 2. The van der Waals surface area contributed by atoms with Crippen LogP contribution in [0.3, 0.4) is 0 Å². The molecule has 1 unspecified atom stereocenters. The standard InChI is InChI=1S/C24H31N3O4S/c1-16-14-21(31-4)17(2)18(3)22(16)32(29,30)27-12-10-24(11-13-27)25-20(23(28)26-24)15-19-8-6-5-7-9-19/h5-9,14,20,25H,10-13,15H2,1-4H3,(H,26,28). The predicted molar refractivity (Wildman–Crippen MR) is 123 cm³/mol. The summed E-state index contributed by atoms with van der Waals surface area (Å²) in [7, 11) is -2.06. The maximum Gasteiger partial charge on any atom is 0.243 e. The third-order valence-corrected chi connectivity index (χ3v) is 8.97. The molecule has 172 valence electrons. The summed E-state index contributed by atoms with van der Waals surface area (Å²) in [5.74, 6) is 0.668. The second kappa shape index (κ2) is 8.50. The zero-order chi connectivity index (χ0) is 23.1. The van der Waals surface area contributed by atoms with E-state index in [1.54, 1.807) is 20.1 Å². The number of sulfonamides is 1. The molecule has 8 heteroatoms. The van der Waals surface area contributed by atoms with Crippen LogP contribution in [0.2, 0.25) is 0 Å². The van der Waals surface area contributed by atoms with Gasteiger partial charge in [0.2, 0.25) is 15.9 Å². The van der Waals surface area contributed by atoms with Gasteiger partial charge in [-0.25, -0.2) is 8.42 Å². The molecule has 2 N–H and O–H groups in total. The van der Waals surface area contributed by atoms with Gasteiger partial charge in [0, 0.05) is 13.1 Å². The number of methoxy groups -OCH3 is 1. The second-order valence-corrected chi connectivity index (χ2v) is 10.7. The number of nitrogens with zero attached hydrogens (tertiary/aromatic N) is 1. The molecular formula is C24H31N3O4S. The monoisotopic (exact) mass is 457 g/mol. The van der Waals surface area contributed by atoms with Crippen molar-refractivity contribution in [2.24, 2.45) is 0 Å². The Labute approximate surface area is 190 Å². The van der Waals surface area contributed by atoms with Crippen LogP contribution in [0, 0.1) is 20.8 Å². The Kier molecular flexibility index (Phi) is 6.04. The van der Waals surface area contributed by atoms with Gasteiger partial charge in [-0.05, 0) is 68.4 Å². The Morgan fingerprint density at radius 1 is 1.09 bits per heavy atom. The minimum Gasteiger partial charge on any atom is -0.496 e. The van der Waals surface area contributed by atoms with E-state index in [-0.39, 0.29) is 11.9 Å². The van der Waals surface area contributed by atoms with Crippen molar-refractivity contribution in [2.75, 3.05) is 20.2 Å². The van der Waals surface area contributed by atoms with E-state index in [1.807, 2.05) is 44.2 Å². The van der Waals surface area contributed by atoms with E-state index in [9.17, 15) is 13.2 Å². The zero-order valence-corrected chi connectivity index (χ0v) is 19.9. The van der Waals surface area contributed by atoms with Gasteiger partial charge in [0.1, 0.15) is 5.75 Å². The van der Waals surface area contributed by atoms with Crippen molar-refractivity contribution in [2.45, 2.75) is 56.6 Å². The van der Waals surface area contributed by atoms with Crippen molar-refractivity contribution < 1.29 is 17.9 Å². The van der Waals surface area contributed by atoms with Gasteiger partial charge in [-0.1, -0.05) is 30.3 Å². The summed E-state index contributed by atoms with van der Waals surface area (Å²) in [5, 5.41) is 6.57.